The van der Waals surface area contributed by atoms with Crippen LogP contribution < -0.4 is 0 Å². The van der Waals surface area contributed by atoms with Crippen LogP contribution in [0.5, 0.6) is 0 Å². The van der Waals surface area contributed by atoms with Gasteiger partial charge in [-0.25, -0.2) is 0 Å². The Balaban J connectivity index is 2.68. The van der Waals surface area contributed by atoms with E-state index in [-0.39, 0.29) is 0 Å². The maximum absolute atomic E-state index is 9.63. The van der Waals surface area contributed by atoms with Gasteiger partial charge in [-0.3, -0.25) is 4.98 Å². The monoisotopic (exact) mass is 279 g/mol. The van der Waals surface area contributed by atoms with Crippen molar-refractivity contribution >= 4 is 27.5 Å². The Kier molecular flexibility index (Phi) is 4.81. The predicted octanol–water partition coefficient (Wildman–Crippen LogP) is 1.91. The topological polar surface area (TPSA) is 53.4 Å². The molecule has 1 aromatic heterocycles. The average molecular weight is 281 g/mol. The van der Waals surface area contributed by atoms with E-state index in [0.29, 0.717) is 22.5 Å². The van der Waals surface area contributed by atoms with Gasteiger partial charge in [0.1, 0.15) is 6.10 Å². The zero-order valence-corrected chi connectivity index (χ0v) is 9.74. The molecule has 14 heavy (non-hydrogen) atoms. The van der Waals surface area contributed by atoms with E-state index in [1.807, 2.05) is 0 Å². The van der Waals surface area contributed by atoms with Crippen molar-refractivity contribution in [2.45, 2.75) is 18.6 Å². The molecule has 0 aliphatic rings. The third kappa shape index (κ3) is 3.20. The summed E-state index contributed by atoms with van der Waals surface area (Å²) in [4.78, 5) is 3.92. The number of aromatic nitrogens is 1. The molecule has 0 aromatic carbocycles. The Morgan fingerprint density at radius 3 is 2.64 bits per heavy atom. The van der Waals surface area contributed by atoms with Crippen LogP contribution in [-0.4, -0.2) is 26.6 Å². The molecule has 0 radical (unpaired) electrons. The third-order valence-electron chi connectivity index (χ3n) is 1.82. The van der Waals surface area contributed by atoms with Crippen LogP contribution in [0.3, 0.4) is 0 Å². The maximum Gasteiger partial charge on any atom is 0.122 e. The minimum absolute atomic E-state index is 0.433. The van der Waals surface area contributed by atoms with Gasteiger partial charge in [-0.05, 0) is 18.6 Å². The van der Waals surface area contributed by atoms with E-state index in [1.165, 1.54) is 6.20 Å². The van der Waals surface area contributed by atoms with Gasteiger partial charge in [-0.1, -0.05) is 27.5 Å². The average Bonchev–Trinajstić information content (AvgIpc) is 2.18. The van der Waals surface area contributed by atoms with Crippen molar-refractivity contribution in [3.63, 3.8) is 0 Å². The summed E-state index contributed by atoms with van der Waals surface area (Å²) in [5.41, 5.74) is 0.433. The smallest absolute Gasteiger partial charge is 0.122 e. The lowest BCUT2D eigenvalue weighted by Gasteiger charge is -2.15. The van der Waals surface area contributed by atoms with E-state index in [2.05, 4.69) is 20.9 Å². The highest BCUT2D eigenvalue weighted by atomic mass is 79.9. The molecular weight excluding hydrogens is 269 g/mol. The van der Waals surface area contributed by atoms with Gasteiger partial charge in [0.15, 0.2) is 0 Å². The van der Waals surface area contributed by atoms with Gasteiger partial charge in [0.25, 0.3) is 0 Å². The molecule has 0 fully saturated rings. The molecule has 2 N–H and O–H groups in total. The van der Waals surface area contributed by atoms with E-state index in [1.54, 1.807) is 12.1 Å². The number of aliphatic hydroxyl groups excluding tert-OH is 2. The van der Waals surface area contributed by atoms with Gasteiger partial charge >= 0.3 is 0 Å². The molecule has 5 heteroatoms. The van der Waals surface area contributed by atoms with Crippen LogP contribution in [0.25, 0.3) is 0 Å². The second kappa shape index (κ2) is 5.66. The predicted molar refractivity (Wildman–Crippen MR) is 58.6 cm³/mol. The van der Waals surface area contributed by atoms with Gasteiger partial charge in [0, 0.05) is 11.5 Å². The van der Waals surface area contributed by atoms with Gasteiger partial charge in [0.05, 0.1) is 16.8 Å². The zero-order chi connectivity index (χ0) is 10.6. The van der Waals surface area contributed by atoms with Crippen LogP contribution in [0.1, 0.15) is 18.2 Å². The third-order valence-corrected chi connectivity index (χ3v) is 2.50. The molecule has 1 heterocycles. The van der Waals surface area contributed by atoms with Crippen molar-refractivity contribution in [1.29, 1.82) is 0 Å². The van der Waals surface area contributed by atoms with E-state index >= 15 is 0 Å². The number of alkyl halides is 1. The molecule has 2 atom stereocenters. The maximum atomic E-state index is 9.63. The second-order valence-electron chi connectivity index (χ2n) is 2.89. The summed E-state index contributed by atoms with van der Waals surface area (Å²) in [6.07, 6.45) is 0.166. The van der Waals surface area contributed by atoms with Crippen LogP contribution in [0.4, 0.5) is 0 Å². The van der Waals surface area contributed by atoms with E-state index < -0.39 is 12.2 Å². The molecule has 0 saturated carbocycles. The number of hydrogen-bond donors (Lipinski definition) is 2. The number of nitrogens with zero attached hydrogens (tertiary/aromatic N) is 1. The van der Waals surface area contributed by atoms with Gasteiger partial charge in [0.2, 0.25) is 0 Å². The summed E-state index contributed by atoms with van der Waals surface area (Å²) in [7, 11) is 0. The normalized spacial score (nSPS) is 15.1. The minimum atomic E-state index is -0.954. The molecule has 0 saturated heterocycles. The summed E-state index contributed by atoms with van der Waals surface area (Å²) in [6.45, 7) is 0. The lowest BCUT2D eigenvalue weighted by molar-refractivity contribution is 0.0148. The van der Waals surface area contributed by atoms with Crippen molar-refractivity contribution in [2.24, 2.45) is 0 Å². The Hall–Kier alpha value is -0.160. The fourth-order valence-corrected chi connectivity index (χ4v) is 1.61. The summed E-state index contributed by atoms with van der Waals surface area (Å²) in [6, 6.07) is 3.23. The highest BCUT2D eigenvalue weighted by Gasteiger charge is 2.18. The Morgan fingerprint density at radius 2 is 2.14 bits per heavy atom. The fourth-order valence-electron chi connectivity index (χ4n) is 1.03. The highest BCUT2D eigenvalue weighted by Crippen LogP contribution is 2.18. The number of aliphatic hydroxyl groups is 2. The summed E-state index contributed by atoms with van der Waals surface area (Å²) >= 11 is 8.83. The molecule has 0 bridgehead atoms. The minimum Gasteiger partial charge on any atom is -0.390 e. The lowest BCUT2D eigenvalue weighted by Crippen LogP contribution is -2.19. The first kappa shape index (κ1) is 11.9. The molecule has 1 aromatic rings. The first-order chi connectivity index (χ1) is 6.65. The largest absolute Gasteiger partial charge is 0.390 e. The molecule has 3 nitrogen and oxygen atoms in total. The molecule has 78 valence electrons. The van der Waals surface area contributed by atoms with Crippen LogP contribution in [0, 0.1) is 0 Å². The molecule has 0 spiro atoms. The van der Waals surface area contributed by atoms with Crippen molar-refractivity contribution in [3.05, 3.63) is 29.0 Å². The van der Waals surface area contributed by atoms with Crippen LogP contribution in [0.2, 0.25) is 5.02 Å². The second-order valence-corrected chi connectivity index (χ2v) is 4.12. The Labute approximate surface area is 95.9 Å². The summed E-state index contributed by atoms with van der Waals surface area (Å²) < 4.78 is 0. The number of rotatable bonds is 4. The van der Waals surface area contributed by atoms with Crippen LogP contribution in [0.15, 0.2) is 18.3 Å². The SMILES string of the molecule is OC(CCBr)C(O)c1ccc(Cl)cn1. The van der Waals surface area contributed by atoms with Gasteiger partial charge < -0.3 is 10.2 Å². The molecule has 0 aliphatic carbocycles. The van der Waals surface area contributed by atoms with E-state index in [4.69, 9.17) is 11.6 Å². The van der Waals surface area contributed by atoms with Crippen molar-refractivity contribution in [2.75, 3.05) is 5.33 Å². The van der Waals surface area contributed by atoms with Gasteiger partial charge in [-0.15, -0.1) is 0 Å². The lowest BCUT2D eigenvalue weighted by atomic mass is 10.1. The number of hydrogen-bond acceptors (Lipinski definition) is 3. The molecule has 0 aliphatic heterocycles. The van der Waals surface area contributed by atoms with E-state index in [0.717, 1.165) is 0 Å². The standard InChI is InChI=1S/C9H11BrClNO2/c10-4-3-8(13)9(14)7-2-1-6(11)5-12-7/h1-2,5,8-9,13-14H,3-4H2. The zero-order valence-electron chi connectivity index (χ0n) is 7.40. The van der Waals surface area contributed by atoms with Crippen molar-refractivity contribution in [3.8, 4) is 0 Å². The Morgan fingerprint density at radius 1 is 1.43 bits per heavy atom. The first-order valence-corrected chi connectivity index (χ1v) is 5.68. The number of pyridine rings is 1. The molecule has 2 unspecified atom stereocenters. The fraction of sp³-hybridized carbons (Fsp3) is 0.444. The van der Waals surface area contributed by atoms with Crippen molar-refractivity contribution in [1.82, 2.24) is 4.98 Å². The Bertz CT molecular complexity index is 281. The first-order valence-electron chi connectivity index (χ1n) is 4.18. The van der Waals surface area contributed by atoms with E-state index in [9.17, 15) is 10.2 Å². The highest BCUT2D eigenvalue weighted by molar-refractivity contribution is 9.09. The van der Waals surface area contributed by atoms with Gasteiger partial charge in [-0.2, -0.15) is 0 Å². The molecular formula is C9H11BrClNO2. The van der Waals surface area contributed by atoms with Crippen LogP contribution >= 0.6 is 27.5 Å². The molecule has 0 amide bonds. The number of halogens is 2. The quantitative estimate of drug-likeness (QED) is 0.829. The van der Waals surface area contributed by atoms with Crippen LogP contribution in [-0.2, 0) is 0 Å². The summed E-state index contributed by atoms with van der Waals surface area (Å²) in [5, 5.41) is 20.3. The van der Waals surface area contributed by atoms with Crippen molar-refractivity contribution < 1.29 is 10.2 Å². The summed E-state index contributed by atoms with van der Waals surface area (Å²) in [5.74, 6) is 0. The molecule has 1 rings (SSSR count).